The second-order valence-electron chi connectivity index (χ2n) is 8.94. The molecule has 0 aliphatic rings. The van der Waals surface area contributed by atoms with Crippen molar-refractivity contribution in [3.63, 3.8) is 0 Å². The number of rotatable bonds is 8. The van der Waals surface area contributed by atoms with Gasteiger partial charge in [-0.3, -0.25) is 9.69 Å². The number of nitrogens with zero attached hydrogens (tertiary/aromatic N) is 5. The summed E-state index contributed by atoms with van der Waals surface area (Å²) in [5.41, 5.74) is 4.62. The van der Waals surface area contributed by atoms with E-state index >= 15 is 0 Å². The number of amides is 1. The lowest BCUT2D eigenvalue weighted by Gasteiger charge is -2.21. The van der Waals surface area contributed by atoms with Crippen molar-refractivity contribution in [1.29, 1.82) is 0 Å². The standard InChI is InChI=1S/C25H34N6O/c1-17-8-10-20(11-9-17)21-12-22(25(32)28-18(2)15-29(4)5)14-23(13-21)31-24(26-16-27-31)19(3)30(6)7/h8-14,16,18-19H,15H2,1-7H3,(H,28,32). The molecule has 1 aromatic heterocycles. The molecule has 1 heterocycles. The zero-order valence-electron chi connectivity index (χ0n) is 20.1. The van der Waals surface area contributed by atoms with E-state index in [-0.39, 0.29) is 18.0 Å². The first kappa shape index (κ1) is 23.6. The maximum Gasteiger partial charge on any atom is 0.251 e. The van der Waals surface area contributed by atoms with Crippen molar-refractivity contribution < 1.29 is 4.79 Å². The van der Waals surface area contributed by atoms with Gasteiger partial charge in [-0.1, -0.05) is 29.8 Å². The minimum absolute atomic E-state index is 0.0275. The van der Waals surface area contributed by atoms with Crippen LogP contribution >= 0.6 is 0 Å². The van der Waals surface area contributed by atoms with E-state index in [0.29, 0.717) is 5.56 Å². The zero-order valence-corrected chi connectivity index (χ0v) is 20.1. The molecule has 0 bridgehead atoms. The van der Waals surface area contributed by atoms with E-state index < -0.39 is 0 Å². The molecule has 3 rings (SSSR count). The SMILES string of the molecule is Cc1ccc(-c2cc(C(=O)NC(C)CN(C)C)cc(-n3ncnc3C(C)N(C)C)c2)cc1. The maximum absolute atomic E-state index is 13.1. The van der Waals surface area contributed by atoms with E-state index in [1.54, 1.807) is 6.33 Å². The van der Waals surface area contributed by atoms with Gasteiger partial charge in [0, 0.05) is 18.2 Å². The summed E-state index contributed by atoms with van der Waals surface area (Å²) in [7, 11) is 8.02. The van der Waals surface area contributed by atoms with Crippen molar-refractivity contribution >= 4 is 5.91 Å². The number of hydrogen-bond donors (Lipinski definition) is 1. The monoisotopic (exact) mass is 434 g/mol. The third-order valence-corrected chi connectivity index (χ3v) is 5.55. The molecule has 0 saturated carbocycles. The topological polar surface area (TPSA) is 66.3 Å². The van der Waals surface area contributed by atoms with Gasteiger partial charge >= 0.3 is 0 Å². The van der Waals surface area contributed by atoms with Gasteiger partial charge < -0.3 is 10.2 Å². The van der Waals surface area contributed by atoms with Crippen molar-refractivity contribution in [1.82, 2.24) is 29.9 Å². The number of hydrogen-bond acceptors (Lipinski definition) is 5. The number of carbonyl (C=O) groups excluding carboxylic acids is 1. The molecule has 7 nitrogen and oxygen atoms in total. The van der Waals surface area contributed by atoms with Gasteiger partial charge in [0.15, 0.2) is 0 Å². The van der Waals surface area contributed by atoms with Crippen LogP contribution in [-0.2, 0) is 0 Å². The van der Waals surface area contributed by atoms with Crippen LogP contribution in [0.25, 0.3) is 16.8 Å². The van der Waals surface area contributed by atoms with E-state index in [0.717, 1.165) is 29.2 Å². The second-order valence-corrected chi connectivity index (χ2v) is 8.94. The van der Waals surface area contributed by atoms with Gasteiger partial charge in [-0.15, -0.1) is 0 Å². The second kappa shape index (κ2) is 10.1. The molecule has 0 spiro atoms. The maximum atomic E-state index is 13.1. The minimum Gasteiger partial charge on any atom is -0.348 e. The highest BCUT2D eigenvalue weighted by atomic mass is 16.1. The van der Waals surface area contributed by atoms with Crippen molar-refractivity contribution in [3.8, 4) is 16.8 Å². The van der Waals surface area contributed by atoms with Crippen LogP contribution in [0, 0.1) is 6.92 Å². The van der Waals surface area contributed by atoms with Crippen molar-refractivity contribution in [2.24, 2.45) is 0 Å². The molecule has 0 aliphatic heterocycles. The van der Waals surface area contributed by atoms with Crippen LogP contribution in [0.3, 0.4) is 0 Å². The number of aromatic nitrogens is 3. The van der Waals surface area contributed by atoms with Crippen LogP contribution in [0.4, 0.5) is 0 Å². The summed E-state index contributed by atoms with van der Waals surface area (Å²) in [4.78, 5) is 21.8. The van der Waals surface area contributed by atoms with E-state index in [1.165, 1.54) is 5.56 Å². The van der Waals surface area contributed by atoms with Crippen LogP contribution in [0.5, 0.6) is 0 Å². The van der Waals surface area contributed by atoms with E-state index in [1.807, 2.05) is 51.9 Å². The van der Waals surface area contributed by atoms with Crippen molar-refractivity contribution in [2.45, 2.75) is 32.9 Å². The number of carbonyl (C=O) groups is 1. The molecule has 0 saturated heterocycles. The van der Waals surface area contributed by atoms with Gasteiger partial charge in [0.25, 0.3) is 5.91 Å². The Hall–Kier alpha value is -3.03. The molecule has 0 fully saturated rings. The van der Waals surface area contributed by atoms with Crippen LogP contribution in [-0.4, -0.2) is 71.2 Å². The average Bonchev–Trinajstić information content (AvgIpc) is 3.22. The molecule has 0 aliphatic carbocycles. The molecule has 0 radical (unpaired) electrons. The molecule has 1 amide bonds. The highest BCUT2D eigenvalue weighted by Crippen LogP contribution is 2.27. The van der Waals surface area contributed by atoms with Crippen LogP contribution < -0.4 is 5.32 Å². The third-order valence-electron chi connectivity index (χ3n) is 5.55. The molecule has 3 aromatic rings. The van der Waals surface area contributed by atoms with Crippen LogP contribution in [0.15, 0.2) is 48.8 Å². The molecule has 170 valence electrons. The predicted octanol–water partition coefficient (Wildman–Crippen LogP) is 3.55. The summed E-state index contributed by atoms with van der Waals surface area (Å²) in [6.45, 7) is 6.93. The number of aryl methyl sites for hydroxylation is 1. The molecular formula is C25H34N6O. The molecule has 2 unspecified atom stereocenters. The Morgan fingerprint density at radius 1 is 1.03 bits per heavy atom. The normalized spacial score (nSPS) is 13.4. The third kappa shape index (κ3) is 5.60. The lowest BCUT2D eigenvalue weighted by Crippen LogP contribution is -2.39. The van der Waals surface area contributed by atoms with Gasteiger partial charge in [0.05, 0.1) is 11.7 Å². The summed E-state index contributed by atoms with van der Waals surface area (Å²) in [5, 5.41) is 7.59. The lowest BCUT2D eigenvalue weighted by molar-refractivity contribution is 0.0934. The molecule has 32 heavy (non-hydrogen) atoms. The summed E-state index contributed by atoms with van der Waals surface area (Å²) in [6, 6.07) is 14.3. The largest absolute Gasteiger partial charge is 0.348 e. The average molecular weight is 435 g/mol. The van der Waals surface area contributed by atoms with Crippen molar-refractivity contribution in [2.75, 3.05) is 34.7 Å². The quantitative estimate of drug-likeness (QED) is 0.587. The van der Waals surface area contributed by atoms with Gasteiger partial charge in [-0.25, -0.2) is 9.67 Å². The fourth-order valence-electron chi connectivity index (χ4n) is 3.64. The molecule has 1 N–H and O–H groups in total. The van der Waals surface area contributed by atoms with E-state index in [2.05, 4.69) is 69.4 Å². The summed E-state index contributed by atoms with van der Waals surface area (Å²) in [6.07, 6.45) is 1.56. The van der Waals surface area contributed by atoms with Crippen LogP contribution in [0.1, 0.15) is 41.6 Å². The Labute approximate surface area is 191 Å². The fraction of sp³-hybridized carbons (Fsp3) is 0.400. The fourth-order valence-corrected chi connectivity index (χ4v) is 3.64. The smallest absolute Gasteiger partial charge is 0.251 e. The van der Waals surface area contributed by atoms with Gasteiger partial charge in [-0.05, 0) is 78.3 Å². The molecular weight excluding hydrogens is 400 g/mol. The molecule has 7 heteroatoms. The lowest BCUT2D eigenvalue weighted by atomic mass is 10.0. The van der Waals surface area contributed by atoms with Gasteiger partial charge in [0.2, 0.25) is 0 Å². The molecule has 2 aromatic carbocycles. The Bertz CT molecular complexity index is 1050. The zero-order chi connectivity index (χ0) is 23.4. The van der Waals surface area contributed by atoms with E-state index in [9.17, 15) is 4.79 Å². The highest BCUT2D eigenvalue weighted by Gasteiger charge is 2.19. The van der Waals surface area contributed by atoms with Crippen LogP contribution in [0.2, 0.25) is 0 Å². The van der Waals surface area contributed by atoms with E-state index in [4.69, 9.17) is 0 Å². The Morgan fingerprint density at radius 3 is 2.34 bits per heavy atom. The van der Waals surface area contributed by atoms with Gasteiger partial charge in [-0.2, -0.15) is 5.10 Å². The Morgan fingerprint density at radius 2 is 1.72 bits per heavy atom. The minimum atomic E-state index is -0.100. The number of benzene rings is 2. The number of nitrogens with one attached hydrogen (secondary N) is 1. The summed E-state index contributed by atoms with van der Waals surface area (Å²) >= 11 is 0. The Kier molecular flexibility index (Phi) is 7.43. The predicted molar refractivity (Wildman–Crippen MR) is 129 cm³/mol. The first-order chi connectivity index (χ1) is 15.2. The first-order valence-electron chi connectivity index (χ1n) is 10.9. The summed E-state index contributed by atoms with van der Waals surface area (Å²) < 4.78 is 1.82. The van der Waals surface area contributed by atoms with Gasteiger partial charge in [0.1, 0.15) is 12.2 Å². The molecule has 2 atom stereocenters. The first-order valence-corrected chi connectivity index (χ1v) is 10.9. The van der Waals surface area contributed by atoms with Crippen molar-refractivity contribution in [3.05, 3.63) is 65.7 Å². The highest BCUT2D eigenvalue weighted by molar-refractivity contribution is 5.96. The number of likely N-dealkylation sites (N-methyl/N-ethyl adjacent to an activating group) is 1. The Balaban J connectivity index is 2.07. The summed E-state index contributed by atoms with van der Waals surface area (Å²) in [5.74, 6) is 0.722.